The first-order valence-corrected chi connectivity index (χ1v) is 3.95. The maximum atomic E-state index is 3.52. The van der Waals surface area contributed by atoms with Crippen molar-refractivity contribution in [2.75, 3.05) is 13.1 Å². The van der Waals surface area contributed by atoms with Crippen LogP contribution in [0.5, 0.6) is 0 Å². The van der Waals surface area contributed by atoms with Crippen molar-refractivity contribution in [3.63, 3.8) is 0 Å². The van der Waals surface area contributed by atoms with Crippen LogP contribution >= 0.6 is 0 Å². The second-order valence-corrected chi connectivity index (χ2v) is 3.48. The van der Waals surface area contributed by atoms with E-state index in [4.69, 9.17) is 0 Å². The number of hydrogen-bond donors (Lipinski definition) is 1. The number of hydrogen-bond acceptors (Lipinski definition) is 2. The van der Waals surface area contributed by atoms with Crippen LogP contribution in [0, 0.1) is 0 Å². The maximum absolute atomic E-state index is 3.52. The van der Waals surface area contributed by atoms with Gasteiger partial charge >= 0.3 is 0 Å². The van der Waals surface area contributed by atoms with E-state index in [0.29, 0.717) is 0 Å². The van der Waals surface area contributed by atoms with Crippen LogP contribution in [0.3, 0.4) is 0 Å². The summed E-state index contributed by atoms with van der Waals surface area (Å²) in [5, 5.41) is 3.52. The van der Waals surface area contributed by atoms with Crippen LogP contribution in [-0.2, 0) is 0 Å². The van der Waals surface area contributed by atoms with Crippen molar-refractivity contribution in [1.29, 1.82) is 0 Å². The van der Waals surface area contributed by atoms with Crippen LogP contribution in [-0.4, -0.2) is 36.1 Å². The molecule has 0 radical (unpaired) electrons. The molecule has 0 aliphatic carbocycles. The summed E-state index contributed by atoms with van der Waals surface area (Å²) in [5.74, 6) is 0. The second-order valence-electron chi connectivity index (χ2n) is 3.48. The minimum absolute atomic E-state index is 0.910. The third-order valence-electron chi connectivity index (χ3n) is 3.05. The highest BCUT2D eigenvalue weighted by molar-refractivity contribution is 5.12. The molecule has 3 saturated heterocycles. The lowest BCUT2D eigenvalue weighted by molar-refractivity contribution is 0.0711. The van der Waals surface area contributed by atoms with E-state index in [9.17, 15) is 0 Å². The Kier molecular flexibility index (Phi) is 0.691. The van der Waals surface area contributed by atoms with Crippen molar-refractivity contribution >= 4 is 0 Å². The summed E-state index contributed by atoms with van der Waals surface area (Å²) in [6.45, 7) is 2.73. The van der Waals surface area contributed by atoms with Crippen LogP contribution in [0.4, 0.5) is 0 Å². The summed E-state index contributed by atoms with van der Waals surface area (Å²) in [6, 6.07) is 2.78. The molecule has 50 valence electrons. The fourth-order valence-electron chi connectivity index (χ4n) is 2.28. The molecule has 2 heteroatoms. The van der Waals surface area contributed by atoms with Gasteiger partial charge in [0.25, 0.3) is 0 Å². The molecule has 0 bridgehead atoms. The van der Waals surface area contributed by atoms with Gasteiger partial charge in [-0.2, -0.15) is 0 Å². The Hall–Kier alpha value is -0.0800. The number of nitrogens with zero attached hydrogens (tertiary/aromatic N) is 1. The number of fused-ring (bicyclic) bond motifs is 3. The van der Waals surface area contributed by atoms with Gasteiger partial charge in [-0.05, 0) is 12.8 Å². The lowest BCUT2D eigenvalue weighted by Crippen LogP contribution is -2.54. The van der Waals surface area contributed by atoms with E-state index >= 15 is 0 Å². The van der Waals surface area contributed by atoms with E-state index in [1.807, 2.05) is 0 Å². The Balaban J connectivity index is 1.82. The maximum Gasteiger partial charge on any atom is 0.0381 e. The van der Waals surface area contributed by atoms with Crippen molar-refractivity contribution in [2.24, 2.45) is 0 Å². The lowest BCUT2D eigenvalue weighted by atomic mass is 9.92. The molecule has 3 aliphatic heterocycles. The standard InChI is InChI=1S/C7H12N2/c1-3-9-4-2-6(9)7-5(1)8-7/h5-8H,1-4H2/t5-,6-,7+/m1/s1. The quantitative estimate of drug-likeness (QED) is 0.453. The monoisotopic (exact) mass is 124 g/mol. The zero-order valence-corrected chi connectivity index (χ0v) is 5.51. The van der Waals surface area contributed by atoms with Gasteiger partial charge in [-0.3, -0.25) is 4.90 Å². The molecule has 1 N–H and O–H groups in total. The minimum atomic E-state index is 0.910. The van der Waals surface area contributed by atoms with E-state index in [-0.39, 0.29) is 0 Å². The molecular weight excluding hydrogens is 112 g/mol. The first-order chi connectivity index (χ1) is 4.45. The van der Waals surface area contributed by atoms with Gasteiger partial charge in [0.1, 0.15) is 0 Å². The number of nitrogens with one attached hydrogen (secondary N) is 1. The summed E-state index contributed by atoms with van der Waals surface area (Å²) in [4.78, 5) is 2.61. The third kappa shape index (κ3) is 0.485. The van der Waals surface area contributed by atoms with Gasteiger partial charge in [-0.1, -0.05) is 0 Å². The Morgan fingerprint density at radius 3 is 2.78 bits per heavy atom. The van der Waals surface area contributed by atoms with Crippen LogP contribution in [0.2, 0.25) is 0 Å². The zero-order valence-electron chi connectivity index (χ0n) is 5.51. The highest BCUT2D eigenvalue weighted by Crippen LogP contribution is 2.35. The first-order valence-electron chi connectivity index (χ1n) is 3.95. The summed E-state index contributed by atoms with van der Waals surface area (Å²) in [7, 11) is 0. The minimum Gasteiger partial charge on any atom is -0.307 e. The van der Waals surface area contributed by atoms with Gasteiger partial charge in [-0.25, -0.2) is 0 Å². The smallest absolute Gasteiger partial charge is 0.0381 e. The molecule has 3 aliphatic rings. The number of piperidine rings is 1. The Labute approximate surface area is 55.2 Å². The van der Waals surface area contributed by atoms with Crippen molar-refractivity contribution in [3.8, 4) is 0 Å². The van der Waals surface area contributed by atoms with E-state index in [2.05, 4.69) is 10.2 Å². The van der Waals surface area contributed by atoms with Crippen LogP contribution in [0.25, 0.3) is 0 Å². The molecular formula is C7H12N2. The van der Waals surface area contributed by atoms with Crippen LogP contribution < -0.4 is 5.32 Å². The van der Waals surface area contributed by atoms with E-state index in [1.165, 1.54) is 25.9 Å². The number of rotatable bonds is 0. The van der Waals surface area contributed by atoms with Crippen molar-refractivity contribution < 1.29 is 0 Å². The molecule has 0 saturated carbocycles. The van der Waals surface area contributed by atoms with Gasteiger partial charge in [-0.15, -0.1) is 0 Å². The van der Waals surface area contributed by atoms with Gasteiger partial charge in [0.15, 0.2) is 0 Å². The molecule has 0 aromatic rings. The molecule has 9 heavy (non-hydrogen) atoms. The van der Waals surface area contributed by atoms with Gasteiger partial charge in [0, 0.05) is 31.2 Å². The molecule has 2 nitrogen and oxygen atoms in total. The normalized spacial score (nSPS) is 55.3. The molecule has 3 heterocycles. The van der Waals surface area contributed by atoms with Gasteiger partial charge < -0.3 is 5.32 Å². The molecule has 0 aromatic carbocycles. The van der Waals surface area contributed by atoms with Crippen molar-refractivity contribution in [3.05, 3.63) is 0 Å². The predicted octanol–water partition coefficient (Wildman–Crippen LogP) is -0.195. The molecule has 0 amide bonds. The molecule has 3 atom stereocenters. The lowest BCUT2D eigenvalue weighted by Gasteiger charge is -2.43. The first kappa shape index (κ1) is 4.69. The fourth-order valence-corrected chi connectivity index (χ4v) is 2.28. The van der Waals surface area contributed by atoms with Crippen LogP contribution in [0.15, 0.2) is 0 Å². The van der Waals surface area contributed by atoms with Crippen molar-refractivity contribution in [1.82, 2.24) is 10.2 Å². The summed E-state index contributed by atoms with van der Waals surface area (Å²) < 4.78 is 0. The topological polar surface area (TPSA) is 25.2 Å². The SMILES string of the molecule is C1CN2CC[C@H]3N[C@@H]3[C@@H]12. The van der Waals surface area contributed by atoms with Gasteiger partial charge in [0.05, 0.1) is 0 Å². The molecule has 0 aromatic heterocycles. The second kappa shape index (κ2) is 1.32. The summed E-state index contributed by atoms with van der Waals surface area (Å²) in [6.07, 6.45) is 2.86. The fraction of sp³-hybridized carbons (Fsp3) is 1.00. The highest BCUT2D eigenvalue weighted by atomic mass is 15.3. The molecule has 0 unspecified atom stereocenters. The van der Waals surface area contributed by atoms with Crippen molar-refractivity contribution in [2.45, 2.75) is 31.0 Å². The highest BCUT2D eigenvalue weighted by Gasteiger charge is 2.51. The zero-order chi connectivity index (χ0) is 5.84. The molecule has 3 fully saturated rings. The largest absolute Gasteiger partial charge is 0.307 e. The predicted molar refractivity (Wildman–Crippen MR) is 35.3 cm³/mol. The average Bonchev–Trinajstić information content (AvgIpc) is 2.43. The Morgan fingerprint density at radius 2 is 2.11 bits per heavy atom. The van der Waals surface area contributed by atoms with E-state index < -0.39 is 0 Å². The van der Waals surface area contributed by atoms with Crippen LogP contribution in [0.1, 0.15) is 12.8 Å². The third-order valence-corrected chi connectivity index (χ3v) is 3.05. The van der Waals surface area contributed by atoms with E-state index in [1.54, 1.807) is 0 Å². The molecule has 3 rings (SSSR count). The average molecular weight is 124 g/mol. The van der Waals surface area contributed by atoms with Gasteiger partial charge in [0.2, 0.25) is 0 Å². The summed E-state index contributed by atoms with van der Waals surface area (Å²) >= 11 is 0. The Bertz CT molecular complexity index is 144. The molecule has 0 spiro atoms. The Morgan fingerprint density at radius 1 is 1.22 bits per heavy atom. The van der Waals surface area contributed by atoms with E-state index in [0.717, 1.165) is 18.1 Å². The summed E-state index contributed by atoms with van der Waals surface area (Å²) in [5.41, 5.74) is 0.